The lowest BCUT2D eigenvalue weighted by Crippen LogP contribution is -2.28. The molecule has 2 heterocycles. The Labute approximate surface area is 217 Å². The monoisotopic (exact) mass is 526 g/mol. The number of amides is 1. The summed E-state index contributed by atoms with van der Waals surface area (Å²) in [7, 11) is 3.19. The average molecular weight is 527 g/mol. The zero-order valence-corrected chi connectivity index (χ0v) is 22.0. The van der Waals surface area contributed by atoms with Gasteiger partial charge in [-0.05, 0) is 55.7 Å². The van der Waals surface area contributed by atoms with Gasteiger partial charge in [-0.15, -0.1) is 0 Å². The van der Waals surface area contributed by atoms with Crippen molar-refractivity contribution in [3.63, 3.8) is 0 Å². The zero-order valence-electron chi connectivity index (χ0n) is 20.4. The fourth-order valence-corrected chi connectivity index (χ4v) is 4.76. The normalized spacial score (nSPS) is 11.0. The van der Waals surface area contributed by atoms with Crippen LogP contribution >= 0.6 is 23.4 Å². The van der Waals surface area contributed by atoms with Crippen molar-refractivity contribution in [2.24, 2.45) is 0 Å². The second-order valence-electron chi connectivity index (χ2n) is 8.14. The van der Waals surface area contributed by atoms with E-state index in [0.29, 0.717) is 51.4 Å². The number of thioether (sulfide) groups is 1. The first-order valence-electron chi connectivity index (χ1n) is 11.2. The van der Waals surface area contributed by atoms with E-state index in [1.807, 2.05) is 44.2 Å². The lowest BCUT2D eigenvalue weighted by molar-refractivity contribution is -0.118. The van der Waals surface area contributed by atoms with Crippen LogP contribution in [0, 0.1) is 19.3 Å². The lowest BCUT2D eigenvalue weighted by Gasteiger charge is -2.14. The highest BCUT2D eigenvalue weighted by molar-refractivity contribution is 7.99. The predicted molar refractivity (Wildman–Crippen MR) is 141 cm³/mol. The van der Waals surface area contributed by atoms with Crippen LogP contribution in [-0.2, 0) is 11.2 Å². The molecule has 11 heteroatoms. The number of hydrogen-bond acceptors (Lipinski definition) is 7. The first kappa shape index (κ1) is 25.6. The zero-order chi connectivity index (χ0) is 25.8. The van der Waals surface area contributed by atoms with Gasteiger partial charge in [0.15, 0.2) is 22.3 Å². The van der Waals surface area contributed by atoms with Gasteiger partial charge in [-0.25, -0.2) is 4.98 Å². The molecule has 0 spiro atoms. The molecule has 4 aromatic rings. The Hall–Kier alpha value is -3.50. The van der Waals surface area contributed by atoms with Crippen LogP contribution in [0.1, 0.15) is 16.8 Å². The highest BCUT2D eigenvalue weighted by Gasteiger charge is 2.17. The Balaban J connectivity index is 1.49. The summed E-state index contributed by atoms with van der Waals surface area (Å²) >= 11 is 7.61. The fraction of sp³-hybridized carbons (Fsp3) is 0.280. The number of nitrogens with zero attached hydrogens (tertiary/aromatic N) is 3. The molecule has 0 radical (unpaired) electrons. The number of H-pyrrole nitrogens is 1. The number of aromatic amines is 1. The van der Waals surface area contributed by atoms with Gasteiger partial charge in [0.05, 0.1) is 31.0 Å². The van der Waals surface area contributed by atoms with E-state index in [-0.39, 0.29) is 17.1 Å². The minimum Gasteiger partial charge on any atom is -0.493 e. The third-order valence-electron chi connectivity index (χ3n) is 5.71. The molecule has 0 saturated heterocycles. The van der Waals surface area contributed by atoms with Crippen LogP contribution in [0.5, 0.6) is 11.5 Å². The minimum absolute atomic E-state index is 0.132. The van der Waals surface area contributed by atoms with Crippen LogP contribution in [-0.4, -0.2) is 52.2 Å². The molecule has 0 aliphatic rings. The number of hydrogen-bond donors (Lipinski definition) is 3. The van der Waals surface area contributed by atoms with E-state index in [4.69, 9.17) is 26.5 Å². The fourth-order valence-electron chi connectivity index (χ4n) is 3.75. The summed E-state index contributed by atoms with van der Waals surface area (Å²) in [5, 5.41) is 20.6. The van der Waals surface area contributed by atoms with Gasteiger partial charge in [0.1, 0.15) is 5.49 Å². The molecule has 0 aliphatic heterocycles. The van der Waals surface area contributed by atoms with E-state index in [9.17, 15) is 4.79 Å². The second kappa shape index (κ2) is 11.0. The van der Waals surface area contributed by atoms with Gasteiger partial charge in [0.25, 0.3) is 0 Å². The maximum atomic E-state index is 12.6. The number of aromatic nitrogens is 4. The Morgan fingerprint density at radius 2 is 1.94 bits per heavy atom. The van der Waals surface area contributed by atoms with E-state index in [0.717, 1.165) is 16.8 Å². The Kier molecular flexibility index (Phi) is 7.85. The molecule has 2 aromatic heterocycles. The number of methoxy groups -OCH3 is 2. The van der Waals surface area contributed by atoms with Crippen LogP contribution in [0.25, 0.3) is 16.7 Å². The van der Waals surface area contributed by atoms with Gasteiger partial charge < -0.3 is 14.8 Å². The number of ether oxygens (including phenoxy) is 2. The summed E-state index contributed by atoms with van der Waals surface area (Å²) in [6.07, 6.45) is 0.645. The summed E-state index contributed by atoms with van der Waals surface area (Å²) in [4.78, 5) is 17.3. The third kappa shape index (κ3) is 5.34. The number of benzene rings is 2. The third-order valence-corrected chi connectivity index (χ3v) is 7.06. The van der Waals surface area contributed by atoms with Crippen LogP contribution < -0.4 is 20.3 Å². The summed E-state index contributed by atoms with van der Waals surface area (Å²) in [5.74, 6) is 1.31. The van der Waals surface area contributed by atoms with Gasteiger partial charge in [-0.1, -0.05) is 35.5 Å². The van der Waals surface area contributed by atoms with Crippen LogP contribution in [0.3, 0.4) is 0 Å². The molecule has 0 unspecified atom stereocenters. The number of carbonyl (C=O) groups excluding carboxylic acids is 1. The van der Waals surface area contributed by atoms with Crippen molar-refractivity contribution in [2.45, 2.75) is 25.4 Å². The summed E-state index contributed by atoms with van der Waals surface area (Å²) in [6, 6.07) is 11.3. The van der Waals surface area contributed by atoms with Crippen LogP contribution in [0.4, 0.5) is 0 Å². The Morgan fingerprint density at radius 3 is 2.67 bits per heavy atom. The molecular formula is C25H27ClN6O3S. The van der Waals surface area contributed by atoms with E-state index in [2.05, 4.69) is 20.5 Å². The molecule has 36 heavy (non-hydrogen) atoms. The molecule has 0 fully saturated rings. The van der Waals surface area contributed by atoms with Crippen molar-refractivity contribution in [3.05, 3.63) is 63.7 Å². The number of nitrogens with one attached hydrogen (secondary N) is 3. The summed E-state index contributed by atoms with van der Waals surface area (Å²) in [6.45, 7) is 4.24. The molecule has 4 rings (SSSR count). The smallest absolute Gasteiger partial charge is 0.230 e. The van der Waals surface area contributed by atoms with E-state index < -0.39 is 0 Å². The number of halogens is 1. The summed E-state index contributed by atoms with van der Waals surface area (Å²) < 4.78 is 12.3. The van der Waals surface area contributed by atoms with Crippen molar-refractivity contribution >= 4 is 40.3 Å². The van der Waals surface area contributed by atoms with Gasteiger partial charge in [-0.2, -0.15) is 5.10 Å². The maximum Gasteiger partial charge on any atom is 0.230 e. The van der Waals surface area contributed by atoms with E-state index >= 15 is 0 Å². The average Bonchev–Trinajstić information content (AvgIpc) is 3.25. The second-order valence-corrected chi connectivity index (χ2v) is 9.49. The van der Waals surface area contributed by atoms with Crippen molar-refractivity contribution in [1.29, 1.82) is 5.41 Å². The Morgan fingerprint density at radius 1 is 1.17 bits per heavy atom. The SMILES string of the molecule is COc1ccc(CCNC(=O)CSc2nc3n[nH]c(C)c3c(=N)n2-c2ccc(C)c(Cl)c2)cc1OC. The molecule has 1 amide bonds. The predicted octanol–water partition coefficient (Wildman–Crippen LogP) is 3.97. The Bertz CT molecular complexity index is 1480. The molecule has 0 saturated carbocycles. The lowest BCUT2D eigenvalue weighted by atomic mass is 10.1. The van der Waals surface area contributed by atoms with Crippen molar-refractivity contribution in [3.8, 4) is 17.2 Å². The number of carbonyl (C=O) groups is 1. The molecule has 0 aliphatic carbocycles. The van der Waals surface area contributed by atoms with Crippen molar-refractivity contribution < 1.29 is 14.3 Å². The van der Waals surface area contributed by atoms with Gasteiger partial charge in [0, 0.05) is 17.3 Å². The van der Waals surface area contributed by atoms with Crippen molar-refractivity contribution in [1.82, 2.24) is 25.1 Å². The number of fused-ring (bicyclic) bond motifs is 1. The number of aryl methyl sites for hydroxylation is 2. The summed E-state index contributed by atoms with van der Waals surface area (Å²) in [5.41, 5.74) is 4.06. The molecule has 3 N–H and O–H groups in total. The molecule has 0 atom stereocenters. The highest BCUT2D eigenvalue weighted by Crippen LogP contribution is 2.28. The molecular weight excluding hydrogens is 500 g/mol. The first-order valence-corrected chi connectivity index (χ1v) is 12.6. The van der Waals surface area contributed by atoms with Gasteiger partial charge >= 0.3 is 0 Å². The van der Waals surface area contributed by atoms with Crippen LogP contribution in [0.2, 0.25) is 5.02 Å². The van der Waals surface area contributed by atoms with Gasteiger partial charge in [-0.3, -0.25) is 19.9 Å². The van der Waals surface area contributed by atoms with E-state index in [1.54, 1.807) is 24.9 Å². The minimum atomic E-state index is -0.138. The topological polar surface area (TPSA) is 118 Å². The highest BCUT2D eigenvalue weighted by atomic mass is 35.5. The molecule has 2 aromatic carbocycles. The molecule has 0 bridgehead atoms. The first-order chi connectivity index (χ1) is 17.3. The van der Waals surface area contributed by atoms with E-state index in [1.165, 1.54) is 11.8 Å². The standard InChI is InChI=1S/C25H27ClN6O3S/c1-14-5-7-17(12-18(14)26)32-23(27)22-15(2)30-31-24(22)29-25(32)36-13-21(33)28-10-9-16-6-8-19(34-3)20(11-16)35-4/h5-8,11-12,27H,9-10,13H2,1-4H3,(H,28,33)(H,30,31). The van der Waals surface area contributed by atoms with Crippen molar-refractivity contribution in [2.75, 3.05) is 26.5 Å². The molecule has 188 valence electrons. The maximum absolute atomic E-state index is 12.6. The van der Waals surface area contributed by atoms with Gasteiger partial charge in [0.2, 0.25) is 5.91 Å². The largest absolute Gasteiger partial charge is 0.493 e. The molecule has 9 nitrogen and oxygen atoms in total. The van der Waals surface area contributed by atoms with Crippen LogP contribution in [0.15, 0.2) is 41.6 Å². The number of rotatable bonds is 9. The quantitative estimate of drug-likeness (QED) is 0.224.